The molecule has 0 aliphatic carbocycles. The second-order valence-corrected chi connectivity index (χ2v) is 7.11. The average molecular weight is 362 g/mol. The third kappa shape index (κ3) is 5.13. The zero-order valence-electron chi connectivity index (χ0n) is 15.1. The van der Waals surface area contributed by atoms with Gasteiger partial charge in [0, 0.05) is 6.54 Å². The normalized spacial score (nSPS) is 11.1. The lowest BCUT2D eigenvalue weighted by atomic mass is 9.87. The summed E-state index contributed by atoms with van der Waals surface area (Å²) in [5.74, 6) is 0.380. The zero-order chi connectivity index (χ0) is 18.4. The Balaban J connectivity index is 1.93. The minimum Gasteiger partial charge on any atom is -0.492 e. The molecule has 0 aliphatic heterocycles. The quantitative estimate of drug-likeness (QED) is 0.586. The van der Waals surface area contributed by atoms with Crippen molar-refractivity contribution < 1.29 is 14.3 Å². The van der Waals surface area contributed by atoms with Crippen molar-refractivity contribution in [2.45, 2.75) is 26.2 Å². The van der Waals surface area contributed by atoms with E-state index in [-0.39, 0.29) is 5.41 Å². The predicted molar refractivity (Wildman–Crippen MR) is 102 cm³/mol. The highest BCUT2D eigenvalue weighted by Gasteiger charge is 2.15. The van der Waals surface area contributed by atoms with Crippen molar-refractivity contribution in [3.63, 3.8) is 0 Å². The summed E-state index contributed by atoms with van der Waals surface area (Å²) in [7, 11) is 1.34. The van der Waals surface area contributed by atoms with Gasteiger partial charge < -0.3 is 14.8 Å². The Morgan fingerprint density at radius 1 is 1.12 bits per heavy atom. The average Bonchev–Trinajstić information content (AvgIpc) is 2.58. The second kappa shape index (κ2) is 8.26. The molecule has 0 radical (unpaired) electrons. The van der Waals surface area contributed by atoms with Crippen LogP contribution in [0, 0.1) is 0 Å². The van der Waals surface area contributed by atoms with E-state index >= 15 is 0 Å². The first-order valence-corrected chi connectivity index (χ1v) is 8.55. The highest BCUT2D eigenvalue weighted by molar-refractivity contribution is 6.34. The fourth-order valence-corrected chi connectivity index (χ4v) is 2.62. The Hall–Kier alpha value is -2.20. The minimum atomic E-state index is -0.427. The molecular formula is C20H24ClNO3. The molecule has 0 aromatic heterocycles. The van der Waals surface area contributed by atoms with E-state index in [9.17, 15) is 4.79 Å². The molecule has 1 N–H and O–H groups in total. The van der Waals surface area contributed by atoms with Crippen LogP contribution in [0.25, 0.3) is 0 Å². The molecule has 0 aliphatic rings. The SMILES string of the molecule is COC(=O)c1cccc(Cl)c1NCCOc1ccc(C(C)(C)C)cc1. The van der Waals surface area contributed by atoms with E-state index in [0.717, 1.165) is 5.75 Å². The third-order valence-electron chi connectivity index (χ3n) is 3.81. The lowest BCUT2D eigenvalue weighted by Gasteiger charge is -2.19. The number of ether oxygens (including phenoxy) is 2. The fourth-order valence-electron chi connectivity index (χ4n) is 2.38. The summed E-state index contributed by atoms with van der Waals surface area (Å²) in [6.45, 7) is 7.48. The van der Waals surface area contributed by atoms with Crippen LogP contribution in [0.15, 0.2) is 42.5 Å². The van der Waals surface area contributed by atoms with E-state index < -0.39 is 5.97 Å². The first-order chi connectivity index (χ1) is 11.8. The van der Waals surface area contributed by atoms with Crippen LogP contribution in [-0.4, -0.2) is 26.2 Å². The number of benzene rings is 2. The molecule has 0 heterocycles. The molecule has 0 saturated heterocycles. The number of methoxy groups -OCH3 is 1. The monoisotopic (exact) mass is 361 g/mol. The summed E-state index contributed by atoms with van der Waals surface area (Å²) in [5, 5.41) is 3.61. The highest BCUT2D eigenvalue weighted by atomic mass is 35.5. The van der Waals surface area contributed by atoms with Crippen LogP contribution < -0.4 is 10.1 Å². The standard InChI is InChI=1S/C20H24ClNO3/c1-20(2,3)14-8-10-15(11-9-14)25-13-12-22-18-16(19(23)24-4)6-5-7-17(18)21/h5-11,22H,12-13H2,1-4H3. The number of para-hydroxylation sites is 1. The van der Waals surface area contributed by atoms with Gasteiger partial charge in [0.1, 0.15) is 12.4 Å². The molecular weight excluding hydrogens is 338 g/mol. The number of anilines is 1. The second-order valence-electron chi connectivity index (χ2n) is 6.70. The lowest BCUT2D eigenvalue weighted by Crippen LogP contribution is -2.15. The predicted octanol–water partition coefficient (Wildman–Crippen LogP) is 4.92. The smallest absolute Gasteiger partial charge is 0.340 e. The summed E-state index contributed by atoms with van der Waals surface area (Å²) >= 11 is 6.18. The molecule has 0 atom stereocenters. The van der Waals surface area contributed by atoms with Crippen molar-refractivity contribution in [3.05, 3.63) is 58.6 Å². The number of halogens is 1. The van der Waals surface area contributed by atoms with Crippen LogP contribution in [0.2, 0.25) is 5.02 Å². The molecule has 2 aromatic rings. The molecule has 0 unspecified atom stereocenters. The van der Waals surface area contributed by atoms with Gasteiger partial charge in [0.2, 0.25) is 0 Å². The Labute approximate surface area is 154 Å². The lowest BCUT2D eigenvalue weighted by molar-refractivity contribution is 0.0602. The van der Waals surface area contributed by atoms with E-state index in [4.69, 9.17) is 21.1 Å². The number of carbonyl (C=O) groups is 1. The van der Waals surface area contributed by atoms with Crippen molar-refractivity contribution >= 4 is 23.3 Å². The Morgan fingerprint density at radius 2 is 1.80 bits per heavy atom. The van der Waals surface area contributed by atoms with Gasteiger partial charge in [0.25, 0.3) is 0 Å². The summed E-state index contributed by atoms with van der Waals surface area (Å²) in [6.07, 6.45) is 0. The topological polar surface area (TPSA) is 47.6 Å². The fraction of sp³-hybridized carbons (Fsp3) is 0.350. The van der Waals surface area contributed by atoms with Crippen molar-refractivity contribution in [2.24, 2.45) is 0 Å². The summed E-state index contributed by atoms with van der Waals surface area (Å²) in [6, 6.07) is 13.2. The molecule has 134 valence electrons. The third-order valence-corrected chi connectivity index (χ3v) is 4.13. The molecule has 0 bridgehead atoms. The number of esters is 1. The van der Waals surface area contributed by atoms with E-state index in [1.165, 1.54) is 12.7 Å². The van der Waals surface area contributed by atoms with Gasteiger partial charge >= 0.3 is 5.97 Å². The van der Waals surface area contributed by atoms with Gasteiger partial charge in [0.05, 0.1) is 23.4 Å². The van der Waals surface area contributed by atoms with Gasteiger partial charge in [-0.05, 0) is 35.2 Å². The molecule has 2 aromatic carbocycles. The maximum atomic E-state index is 11.8. The van der Waals surface area contributed by atoms with Crippen molar-refractivity contribution in [1.82, 2.24) is 0 Å². The molecule has 25 heavy (non-hydrogen) atoms. The number of hydrogen-bond donors (Lipinski definition) is 1. The first-order valence-electron chi connectivity index (χ1n) is 8.17. The summed E-state index contributed by atoms with van der Waals surface area (Å²) in [5.41, 5.74) is 2.35. The Bertz CT molecular complexity index is 721. The molecule has 5 heteroatoms. The van der Waals surface area contributed by atoms with Gasteiger partial charge in [-0.15, -0.1) is 0 Å². The van der Waals surface area contributed by atoms with Crippen molar-refractivity contribution in [1.29, 1.82) is 0 Å². The van der Waals surface area contributed by atoms with Crippen LogP contribution in [0.3, 0.4) is 0 Å². The van der Waals surface area contributed by atoms with Gasteiger partial charge in [-0.3, -0.25) is 0 Å². The van der Waals surface area contributed by atoms with Crippen LogP contribution in [0.1, 0.15) is 36.7 Å². The van der Waals surface area contributed by atoms with Crippen LogP contribution >= 0.6 is 11.6 Å². The Kier molecular flexibility index (Phi) is 6.32. The maximum absolute atomic E-state index is 11.8. The molecule has 0 spiro atoms. The number of carbonyl (C=O) groups excluding carboxylic acids is 1. The van der Waals surface area contributed by atoms with Gasteiger partial charge in [-0.2, -0.15) is 0 Å². The van der Waals surface area contributed by atoms with E-state index in [1.54, 1.807) is 18.2 Å². The largest absolute Gasteiger partial charge is 0.492 e. The van der Waals surface area contributed by atoms with E-state index in [1.807, 2.05) is 12.1 Å². The molecule has 0 fully saturated rings. The summed E-state index contributed by atoms with van der Waals surface area (Å²) in [4.78, 5) is 11.8. The van der Waals surface area contributed by atoms with Crippen LogP contribution in [-0.2, 0) is 10.2 Å². The number of rotatable bonds is 6. The summed E-state index contributed by atoms with van der Waals surface area (Å²) < 4.78 is 10.5. The van der Waals surface area contributed by atoms with Crippen LogP contribution in [0.4, 0.5) is 5.69 Å². The van der Waals surface area contributed by atoms with Crippen molar-refractivity contribution in [3.8, 4) is 5.75 Å². The molecule has 4 nitrogen and oxygen atoms in total. The highest BCUT2D eigenvalue weighted by Crippen LogP contribution is 2.27. The first kappa shape index (κ1) is 19.1. The zero-order valence-corrected chi connectivity index (χ0v) is 15.8. The van der Waals surface area contributed by atoms with Gasteiger partial charge in [-0.25, -0.2) is 4.79 Å². The van der Waals surface area contributed by atoms with Gasteiger partial charge in [0.15, 0.2) is 0 Å². The number of hydrogen-bond acceptors (Lipinski definition) is 4. The Morgan fingerprint density at radius 3 is 2.40 bits per heavy atom. The van der Waals surface area contributed by atoms with E-state index in [0.29, 0.717) is 29.4 Å². The molecule has 2 rings (SSSR count). The maximum Gasteiger partial charge on any atom is 0.340 e. The molecule has 0 saturated carbocycles. The van der Waals surface area contributed by atoms with Crippen molar-refractivity contribution in [2.75, 3.05) is 25.6 Å². The van der Waals surface area contributed by atoms with Gasteiger partial charge in [-0.1, -0.05) is 50.6 Å². The molecule has 0 amide bonds. The minimum absolute atomic E-state index is 0.119. The van der Waals surface area contributed by atoms with Crippen LogP contribution in [0.5, 0.6) is 5.75 Å². The van der Waals surface area contributed by atoms with E-state index in [2.05, 4.69) is 38.2 Å². The number of nitrogens with one attached hydrogen (secondary N) is 1.